The molecule has 0 saturated heterocycles. The monoisotopic (exact) mass is 960 g/mol. The summed E-state index contributed by atoms with van der Waals surface area (Å²) in [5, 5.41) is 2.63. The normalized spacial score (nSPS) is 13.1. The van der Waals surface area contributed by atoms with Crippen LogP contribution >= 0.6 is 0 Å². The molecule has 0 bridgehead atoms. The molecule has 60 heavy (non-hydrogen) atoms. The summed E-state index contributed by atoms with van der Waals surface area (Å²) in [5.74, 6) is -1.48. The van der Waals surface area contributed by atoms with Crippen LogP contribution in [0, 0.1) is 0 Å². The molecule has 28 heteroatoms. The molecule has 0 heterocycles. The Morgan fingerprint density at radius 2 is 0.617 bits per heavy atom. The molecule has 0 atom stereocenters. The molecule has 0 spiro atoms. The van der Waals surface area contributed by atoms with Crippen LogP contribution in [0.4, 0.5) is 11.4 Å². The van der Waals surface area contributed by atoms with Gasteiger partial charge in [0.2, 0.25) is 11.8 Å². The van der Waals surface area contributed by atoms with Crippen LogP contribution < -0.4 is 10.6 Å². The van der Waals surface area contributed by atoms with E-state index >= 15 is 0 Å². The van der Waals surface area contributed by atoms with E-state index in [-0.39, 0.29) is 12.8 Å². The predicted molar refractivity (Wildman–Crippen MR) is 210 cm³/mol. The fourth-order valence-corrected chi connectivity index (χ4v) is 9.94. The van der Waals surface area contributed by atoms with Crippen molar-refractivity contribution in [1.29, 1.82) is 0 Å². The van der Waals surface area contributed by atoms with Crippen molar-refractivity contribution >= 4 is 105 Å². The highest BCUT2D eigenvalue weighted by Gasteiger charge is 2.27. The molecule has 0 aliphatic heterocycles. The Morgan fingerprint density at radius 3 is 0.867 bits per heavy atom. The number of rotatable bonds is 19. The molecular formula is C32H36N2O20S6. The molecule has 4 rings (SSSR count). The first-order chi connectivity index (χ1) is 27.4. The first-order valence-electron chi connectivity index (χ1n) is 17.1. The van der Waals surface area contributed by atoms with Gasteiger partial charge >= 0.3 is 0 Å². The predicted octanol–water partition coefficient (Wildman–Crippen LogP) is 3.95. The maximum Gasteiger partial charge on any atom is 0.295 e. The highest BCUT2D eigenvalue weighted by molar-refractivity contribution is 7.87. The van der Waals surface area contributed by atoms with Gasteiger partial charge in [-0.1, -0.05) is 38.5 Å². The van der Waals surface area contributed by atoms with Crippen LogP contribution in [0.1, 0.15) is 64.2 Å². The molecule has 0 aromatic heterocycles. The standard InChI is InChI=1S/C32H36N2O20S6/c35-29(33-25-15-21(55(37,38)39)11-19-13-23(57(43,44)45)17-27(31(19)25)59(49,50)51)9-7-5-3-1-2-4-6-8-10-30(36)34-26-16-22(56(40,41)42)12-20-14-24(58(46,47)48)18-28(32(20)26)60(52,53)54/h11-18H,1-10H2,(H,33,35)(H,34,36)(H,37,38,39)(H,40,41,42)(H,43,44,45)(H,46,47,48)(H,49,50,51)(H,52,53,54). The van der Waals surface area contributed by atoms with E-state index in [9.17, 15) is 87.4 Å². The third-order valence-electron chi connectivity index (χ3n) is 8.77. The average Bonchev–Trinajstić information content (AvgIpc) is 3.08. The van der Waals surface area contributed by atoms with Gasteiger partial charge in [-0.05, 0) is 72.1 Å². The summed E-state index contributed by atoms with van der Waals surface area (Å²) in [7, 11) is -30.6. The van der Waals surface area contributed by atoms with E-state index in [1.54, 1.807) is 0 Å². The van der Waals surface area contributed by atoms with Gasteiger partial charge in [-0.25, -0.2) is 0 Å². The zero-order valence-corrected chi connectivity index (χ0v) is 35.4. The zero-order chi connectivity index (χ0) is 45.2. The maximum atomic E-state index is 12.8. The molecule has 8 N–H and O–H groups in total. The number of hydrogen-bond donors (Lipinski definition) is 8. The van der Waals surface area contributed by atoms with Gasteiger partial charge in [-0.15, -0.1) is 0 Å². The quantitative estimate of drug-likeness (QED) is 0.0487. The van der Waals surface area contributed by atoms with Crippen LogP contribution in [0.5, 0.6) is 0 Å². The lowest BCUT2D eigenvalue weighted by Crippen LogP contribution is -2.14. The van der Waals surface area contributed by atoms with E-state index in [1.165, 1.54) is 0 Å². The number of anilines is 2. The Balaban J connectivity index is 1.31. The van der Waals surface area contributed by atoms with E-state index in [0.29, 0.717) is 99.9 Å². The molecule has 4 aromatic carbocycles. The number of nitrogens with one attached hydrogen (secondary N) is 2. The molecule has 2 amide bonds. The molecule has 0 radical (unpaired) electrons. The molecule has 4 aromatic rings. The fourth-order valence-electron chi connectivity index (χ4n) is 6.10. The Hall–Kier alpha value is -4.20. The van der Waals surface area contributed by atoms with E-state index < -0.39 is 135 Å². The second-order valence-corrected chi connectivity index (χ2v) is 21.7. The number of amides is 2. The zero-order valence-electron chi connectivity index (χ0n) is 30.5. The molecule has 0 saturated carbocycles. The summed E-state index contributed by atoms with van der Waals surface area (Å²) in [6, 6.07) is 4.91. The van der Waals surface area contributed by atoms with Crippen molar-refractivity contribution in [3.8, 4) is 0 Å². The number of hydrogen-bond acceptors (Lipinski definition) is 14. The van der Waals surface area contributed by atoms with Crippen molar-refractivity contribution in [3.63, 3.8) is 0 Å². The van der Waals surface area contributed by atoms with Crippen LogP contribution in [0.15, 0.2) is 77.9 Å². The fraction of sp³-hybridized carbons (Fsp3) is 0.312. The minimum absolute atomic E-state index is 0.160. The second-order valence-electron chi connectivity index (χ2n) is 13.3. The van der Waals surface area contributed by atoms with Crippen LogP contribution in [0.3, 0.4) is 0 Å². The number of fused-ring (bicyclic) bond motifs is 2. The van der Waals surface area contributed by atoms with Gasteiger partial charge in [-0.3, -0.25) is 36.9 Å². The summed E-state index contributed by atoms with van der Waals surface area (Å²) in [4.78, 5) is 19.6. The van der Waals surface area contributed by atoms with Crippen molar-refractivity contribution in [3.05, 3.63) is 48.5 Å². The summed E-state index contributed by atoms with van der Waals surface area (Å²) in [5.41, 5.74) is -1.02. The largest absolute Gasteiger partial charge is 0.325 e. The van der Waals surface area contributed by atoms with E-state index in [1.807, 2.05) is 0 Å². The molecule has 330 valence electrons. The Kier molecular flexibility index (Phi) is 14.6. The van der Waals surface area contributed by atoms with Crippen molar-refractivity contribution < 1.29 is 87.4 Å². The lowest BCUT2D eigenvalue weighted by Gasteiger charge is -2.14. The van der Waals surface area contributed by atoms with E-state index in [2.05, 4.69) is 10.6 Å². The molecule has 22 nitrogen and oxygen atoms in total. The number of carbonyl (C=O) groups excluding carboxylic acids is 2. The van der Waals surface area contributed by atoms with Gasteiger partial charge in [0.05, 0.1) is 31.0 Å². The van der Waals surface area contributed by atoms with Gasteiger partial charge in [0.15, 0.2) is 0 Å². The smallest absolute Gasteiger partial charge is 0.295 e. The number of carbonyl (C=O) groups is 2. The lowest BCUT2D eigenvalue weighted by molar-refractivity contribution is -0.117. The summed E-state index contributed by atoms with van der Waals surface area (Å²) in [6.07, 6.45) is 3.93. The van der Waals surface area contributed by atoms with Crippen LogP contribution in [0.2, 0.25) is 0 Å². The van der Waals surface area contributed by atoms with E-state index in [0.717, 1.165) is 0 Å². The summed E-state index contributed by atoms with van der Waals surface area (Å²) >= 11 is 0. The first kappa shape index (κ1) is 48.5. The Morgan fingerprint density at radius 1 is 0.367 bits per heavy atom. The molecule has 0 aliphatic rings. The third kappa shape index (κ3) is 12.7. The van der Waals surface area contributed by atoms with Crippen LogP contribution in [0.25, 0.3) is 21.5 Å². The van der Waals surface area contributed by atoms with E-state index in [4.69, 9.17) is 0 Å². The van der Waals surface area contributed by atoms with Gasteiger partial charge in [0, 0.05) is 23.6 Å². The Labute approximate surface area is 343 Å². The number of unbranched alkanes of at least 4 members (excludes halogenated alkanes) is 7. The highest BCUT2D eigenvalue weighted by atomic mass is 32.2. The first-order valence-corrected chi connectivity index (χ1v) is 25.7. The average molecular weight is 961 g/mol. The number of benzene rings is 4. The Bertz CT molecular complexity index is 2860. The summed E-state index contributed by atoms with van der Waals surface area (Å²) in [6.45, 7) is 0. The van der Waals surface area contributed by atoms with Gasteiger partial charge in [0.25, 0.3) is 60.7 Å². The minimum atomic E-state index is -5.23. The van der Waals surface area contributed by atoms with Crippen molar-refractivity contribution in [2.45, 2.75) is 93.6 Å². The topological polar surface area (TPSA) is 384 Å². The molecule has 0 unspecified atom stereocenters. The van der Waals surface area contributed by atoms with Crippen molar-refractivity contribution in [1.82, 2.24) is 0 Å². The third-order valence-corrected chi connectivity index (χ3v) is 13.9. The van der Waals surface area contributed by atoms with Gasteiger partial charge in [0.1, 0.15) is 9.79 Å². The molecule has 0 fully saturated rings. The van der Waals surface area contributed by atoms with Crippen molar-refractivity contribution in [2.75, 3.05) is 10.6 Å². The highest BCUT2D eigenvalue weighted by Crippen LogP contribution is 2.37. The van der Waals surface area contributed by atoms with Crippen LogP contribution in [-0.4, -0.2) is 89.6 Å². The van der Waals surface area contributed by atoms with Gasteiger partial charge in [-0.2, -0.15) is 50.5 Å². The van der Waals surface area contributed by atoms with Gasteiger partial charge < -0.3 is 10.6 Å². The van der Waals surface area contributed by atoms with Crippen LogP contribution in [-0.2, 0) is 70.3 Å². The second kappa shape index (κ2) is 18.0. The lowest BCUT2D eigenvalue weighted by atomic mass is 10.1. The molecule has 0 aliphatic carbocycles. The minimum Gasteiger partial charge on any atom is -0.325 e. The van der Waals surface area contributed by atoms with Crippen molar-refractivity contribution in [2.24, 2.45) is 0 Å². The molecular weight excluding hydrogens is 925 g/mol. The maximum absolute atomic E-state index is 12.8. The SMILES string of the molecule is O=C(CCCCCCCCCCC(=O)Nc1cc(S(=O)(=O)O)cc2cc(S(=O)(=O)O)cc(S(=O)(=O)O)c12)Nc1cc(S(=O)(=O)O)cc2cc(S(=O)(=O)O)cc(S(=O)(=O)O)c12. The summed E-state index contributed by atoms with van der Waals surface area (Å²) < 4.78 is 201.